The molecule has 2 aromatic carbocycles. The van der Waals surface area contributed by atoms with E-state index in [-0.39, 0.29) is 18.2 Å². The highest BCUT2D eigenvalue weighted by Gasteiger charge is 2.33. The number of ether oxygens (including phenoxy) is 1. The third kappa shape index (κ3) is 5.23. The topological polar surface area (TPSA) is 21.3 Å². The monoisotopic (exact) mass is 341 g/mol. The van der Waals surface area contributed by atoms with E-state index >= 15 is 0 Å². The normalized spacial score (nSPS) is 11.8. The summed E-state index contributed by atoms with van der Waals surface area (Å²) in [6, 6.07) is 10.0. The van der Waals surface area contributed by atoms with Crippen molar-refractivity contribution in [3.8, 4) is 5.75 Å². The molecule has 0 aromatic heterocycles. The summed E-state index contributed by atoms with van der Waals surface area (Å²) in [7, 11) is 0. The van der Waals surface area contributed by atoms with Gasteiger partial charge in [-0.25, -0.2) is 4.39 Å². The van der Waals surface area contributed by atoms with Crippen molar-refractivity contribution < 1.29 is 22.3 Å². The number of nitrogens with one attached hydrogen (secondary N) is 1. The lowest BCUT2D eigenvalue weighted by atomic mass is 10.1. The third-order valence-electron chi connectivity index (χ3n) is 3.32. The molecule has 0 aliphatic heterocycles. The first kappa shape index (κ1) is 18.3. The predicted molar refractivity (Wildman–Crippen MR) is 84.2 cm³/mol. The molecule has 2 aromatic rings. The first-order valence-electron chi connectivity index (χ1n) is 7.57. The molecule has 1 N–H and O–H groups in total. The Morgan fingerprint density at radius 3 is 2.25 bits per heavy atom. The van der Waals surface area contributed by atoms with Gasteiger partial charge in [0.1, 0.15) is 11.6 Å². The van der Waals surface area contributed by atoms with Crippen LogP contribution in [0.3, 0.4) is 0 Å². The van der Waals surface area contributed by atoms with Crippen molar-refractivity contribution in [2.45, 2.75) is 39.2 Å². The smallest absolute Gasteiger partial charge is 0.416 e. The molecule has 0 saturated carbocycles. The van der Waals surface area contributed by atoms with Gasteiger partial charge in [-0.3, -0.25) is 0 Å². The molecule has 0 saturated heterocycles. The zero-order chi connectivity index (χ0) is 17.7. The molecule has 2 nitrogen and oxygen atoms in total. The van der Waals surface area contributed by atoms with Gasteiger partial charge in [0.15, 0.2) is 0 Å². The molecule has 2 rings (SSSR count). The highest BCUT2D eigenvalue weighted by atomic mass is 19.4. The number of benzene rings is 2. The number of hydrogen-bond acceptors (Lipinski definition) is 2. The van der Waals surface area contributed by atoms with Crippen LogP contribution in [0, 0.1) is 5.82 Å². The van der Waals surface area contributed by atoms with E-state index in [1.165, 1.54) is 0 Å². The van der Waals surface area contributed by atoms with E-state index in [0.29, 0.717) is 12.6 Å². The van der Waals surface area contributed by atoms with Crippen molar-refractivity contribution in [3.05, 3.63) is 65.0 Å². The second-order valence-electron chi connectivity index (χ2n) is 5.71. The van der Waals surface area contributed by atoms with Crippen molar-refractivity contribution in [2.24, 2.45) is 0 Å². The van der Waals surface area contributed by atoms with E-state index < -0.39 is 17.6 Å². The summed E-state index contributed by atoms with van der Waals surface area (Å²) in [4.78, 5) is 0. The van der Waals surface area contributed by atoms with Gasteiger partial charge in [0, 0.05) is 13.1 Å². The first-order valence-corrected chi connectivity index (χ1v) is 7.57. The van der Waals surface area contributed by atoms with Gasteiger partial charge in [-0.1, -0.05) is 18.2 Å². The highest BCUT2D eigenvalue weighted by Crippen LogP contribution is 2.32. The number of hydrogen-bond donors (Lipinski definition) is 1. The van der Waals surface area contributed by atoms with Crippen LogP contribution < -0.4 is 10.1 Å². The van der Waals surface area contributed by atoms with Gasteiger partial charge in [0.05, 0.1) is 11.7 Å². The average Bonchev–Trinajstić information content (AvgIpc) is 2.49. The largest absolute Gasteiger partial charge is 0.491 e. The lowest BCUT2D eigenvalue weighted by molar-refractivity contribution is -0.138. The van der Waals surface area contributed by atoms with E-state index in [9.17, 15) is 17.6 Å². The maximum atomic E-state index is 13.1. The van der Waals surface area contributed by atoms with Crippen LogP contribution in [0.1, 0.15) is 30.5 Å². The minimum absolute atomic E-state index is 0.000626. The van der Waals surface area contributed by atoms with Crippen LogP contribution in [0.2, 0.25) is 0 Å². The van der Waals surface area contributed by atoms with Crippen molar-refractivity contribution in [1.29, 1.82) is 0 Å². The van der Waals surface area contributed by atoms with E-state index in [1.54, 1.807) is 0 Å². The minimum atomic E-state index is -4.57. The quantitative estimate of drug-likeness (QED) is 0.753. The van der Waals surface area contributed by atoms with Crippen molar-refractivity contribution in [2.75, 3.05) is 0 Å². The van der Waals surface area contributed by atoms with E-state index in [1.807, 2.05) is 38.1 Å². The molecule has 0 fully saturated rings. The Kier molecular flexibility index (Phi) is 5.83. The van der Waals surface area contributed by atoms with Gasteiger partial charge < -0.3 is 10.1 Å². The van der Waals surface area contributed by atoms with E-state index in [4.69, 9.17) is 4.74 Å². The molecule has 24 heavy (non-hydrogen) atoms. The molecule has 0 spiro atoms. The third-order valence-corrected chi connectivity index (χ3v) is 3.32. The Bertz CT molecular complexity index is 666. The van der Waals surface area contributed by atoms with Crippen LogP contribution in [-0.4, -0.2) is 6.10 Å². The second-order valence-corrected chi connectivity index (χ2v) is 5.71. The van der Waals surface area contributed by atoms with Crippen LogP contribution in [0.25, 0.3) is 0 Å². The van der Waals surface area contributed by atoms with Gasteiger partial charge in [0.25, 0.3) is 0 Å². The molecule has 0 bridgehead atoms. The second kappa shape index (κ2) is 7.66. The molecular formula is C18H19F4NO. The van der Waals surface area contributed by atoms with Gasteiger partial charge in [0.2, 0.25) is 0 Å². The zero-order valence-electron chi connectivity index (χ0n) is 13.5. The Balaban J connectivity index is 1.97. The van der Waals surface area contributed by atoms with Gasteiger partial charge in [-0.15, -0.1) is 0 Å². The summed E-state index contributed by atoms with van der Waals surface area (Å²) in [6.07, 6.45) is -4.50. The van der Waals surface area contributed by atoms with Crippen LogP contribution in [-0.2, 0) is 19.3 Å². The van der Waals surface area contributed by atoms with Crippen molar-refractivity contribution in [1.82, 2.24) is 5.32 Å². The van der Waals surface area contributed by atoms with Crippen LogP contribution in [0.15, 0.2) is 42.5 Å². The molecule has 0 unspecified atom stereocenters. The van der Waals surface area contributed by atoms with E-state index in [0.717, 1.165) is 23.4 Å². The molecule has 0 aliphatic rings. The fraction of sp³-hybridized carbons (Fsp3) is 0.333. The Morgan fingerprint density at radius 2 is 1.67 bits per heavy atom. The fourth-order valence-corrected chi connectivity index (χ4v) is 2.27. The van der Waals surface area contributed by atoms with Gasteiger partial charge in [-0.05, 0) is 49.2 Å². The molecule has 6 heteroatoms. The van der Waals surface area contributed by atoms with Gasteiger partial charge in [-0.2, -0.15) is 13.2 Å². The molecular weight excluding hydrogens is 322 g/mol. The first-order chi connectivity index (χ1) is 11.3. The molecule has 0 radical (unpaired) electrons. The van der Waals surface area contributed by atoms with Crippen LogP contribution in [0.5, 0.6) is 5.75 Å². The standard InChI is InChI=1S/C18H19F4NO/c1-12(2)24-16-7-3-13(4-8-16)10-23-11-14-5-6-15(19)9-17(14)18(20,21)22/h3-9,12,23H,10-11H2,1-2H3. The molecule has 0 atom stereocenters. The summed E-state index contributed by atoms with van der Waals surface area (Å²) < 4.78 is 57.3. The fourth-order valence-electron chi connectivity index (χ4n) is 2.27. The SMILES string of the molecule is CC(C)Oc1ccc(CNCc2ccc(F)cc2C(F)(F)F)cc1. The molecule has 0 heterocycles. The molecule has 130 valence electrons. The van der Waals surface area contributed by atoms with E-state index in [2.05, 4.69) is 5.32 Å². The van der Waals surface area contributed by atoms with Crippen LogP contribution in [0.4, 0.5) is 17.6 Å². The summed E-state index contributed by atoms with van der Waals surface area (Å²) in [5.74, 6) is -0.154. The Labute approximate surface area is 138 Å². The maximum absolute atomic E-state index is 13.1. The van der Waals surface area contributed by atoms with Crippen molar-refractivity contribution in [3.63, 3.8) is 0 Å². The lowest BCUT2D eigenvalue weighted by Gasteiger charge is -2.14. The Morgan fingerprint density at radius 1 is 1.00 bits per heavy atom. The zero-order valence-corrected chi connectivity index (χ0v) is 13.5. The Hall–Kier alpha value is -2.08. The number of halogens is 4. The molecule has 0 aliphatic carbocycles. The summed E-state index contributed by atoms with van der Waals surface area (Å²) in [5, 5.41) is 2.95. The van der Waals surface area contributed by atoms with Crippen molar-refractivity contribution >= 4 is 0 Å². The summed E-state index contributed by atoms with van der Waals surface area (Å²) >= 11 is 0. The number of rotatable bonds is 6. The highest BCUT2D eigenvalue weighted by molar-refractivity contribution is 5.31. The molecule has 0 amide bonds. The predicted octanol–water partition coefficient (Wildman–Crippen LogP) is 4.92. The van der Waals surface area contributed by atoms with Gasteiger partial charge >= 0.3 is 6.18 Å². The lowest BCUT2D eigenvalue weighted by Crippen LogP contribution is -2.17. The average molecular weight is 341 g/mol. The summed E-state index contributed by atoms with van der Waals surface area (Å²) in [5.41, 5.74) is -0.0129. The summed E-state index contributed by atoms with van der Waals surface area (Å²) in [6.45, 7) is 4.25. The van der Waals surface area contributed by atoms with Crippen LogP contribution >= 0.6 is 0 Å². The number of alkyl halides is 3. The maximum Gasteiger partial charge on any atom is 0.416 e. The minimum Gasteiger partial charge on any atom is -0.491 e.